The summed E-state index contributed by atoms with van der Waals surface area (Å²) in [4.78, 5) is 45.3. The number of nitrogens with one attached hydrogen (secondary N) is 2. The van der Waals surface area contributed by atoms with Gasteiger partial charge in [-0.2, -0.15) is 0 Å². The molecule has 10 nitrogen and oxygen atoms in total. The summed E-state index contributed by atoms with van der Waals surface area (Å²) in [6.07, 6.45) is 1.58. The number of anilines is 2. The smallest absolute Gasteiger partial charge is 0.283 e. The molecule has 3 amide bonds. The van der Waals surface area contributed by atoms with Gasteiger partial charge in [-0.25, -0.2) is 10.4 Å². The Kier molecular flexibility index (Phi) is 8.13. The fourth-order valence-electron chi connectivity index (χ4n) is 3.83. The third-order valence-electron chi connectivity index (χ3n) is 5.87. The minimum Gasteiger partial charge on any atom is -0.507 e. The van der Waals surface area contributed by atoms with Gasteiger partial charge >= 0.3 is 0 Å². The van der Waals surface area contributed by atoms with Crippen LogP contribution < -0.4 is 20.4 Å². The highest BCUT2D eigenvalue weighted by Gasteiger charge is 2.35. The number of aryl methyl sites for hydroxylation is 1. The number of nitrogens with zero attached hydrogens (tertiary/aromatic N) is 3. The van der Waals surface area contributed by atoms with Crippen molar-refractivity contribution in [3.8, 4) is 11.5 Å². The Morgan fingerprint density at radius 3 is 2.41 bits per heavy atom. The average Bonchev–Trinajstić information content (AvgIpc) is 3.51. The van der Waals surface area contributed by atoms with E-state index in [4.69, 9.17) is 4.74 Å². The number of thioether (sulfide) groups is 1. The van der Waals surface area contributed by atoms with E-state index in [9.17, 15) is 19.5 Å². The Balaban J connectivity index is 1.35. The SMILES string of the molecule is COc1ccc(C(=O)Nc2nc(C)c(C(=O)N/N=C3\S/C(=C\c4ccccc4O)C(=O)N3c3ccccc3)s2)cc1. The molecule has 5 rings (SSSR count). The first-order chi connectivity index (χ1) is 19.8. The number of ether oxygens (including phenoxy) is 1. The molecule has 1 saturated heterocycles. The van der Waals surface area contributed by atoms with E-state index in [2.05, 4.69) is 20.8 Å². The molecule has 3 aromatic carbocycles. The summed E-state index contributed by atoms with van der Waals surface area (Å²) < 4.78 is 5.11. The second-order valence-corrected chi connectivity index (χ2v) is 10.6. The Bertz CT molecular complexity index is 1680. The zero-order valence-electron chi connectivity index (χ0n) is 21.8. The number of hydrazone groups is 1. The summed E-state index contributed by atoms with van der Waals surface area (Å²) in [6, 6.07) is 22.2. The van der Waals surface area contributed by atoms with E-state index in [-0.39, 0.29) is 32.7 Å². The van der Waals surface area contributed by atoms with E-state index in [0.29, 0.717) is 33.2 Å². The molecule has 1 aliphatic rings. The fourth-order valence-corrected chi connectivity index (χ4v) is 5.61. The number of para-hydroxylation sites is 2. The molecule has 0 saturated carbocycles. The quantitative estimate of drug-likeness (QED) is 0.200. The molecule has 0 unspecified atom stereocenters. The number of carbonyl (C=O) groups excluding carboxylic acids is 3. The third kappa shape index (κ3) is 6.13. The topological polar surface area (TPSA) is 133 Å². The molecule has 4 aromatic rings. The molecule has 0 atom stereocenters. The van der Waals surface area contributed by atoms with Crippen molar-refractivity contribution in [1.82, 2.24) is 10.4 Å². The van der Waals surface area contributed by atoms with Crippen LogP contribution in [0.15, 0.2) is 88.9 Å². The van der Waals surface area contributed by atoms with Gasteiger partial charge in [0.15, 0.2) is 10.3 Å². The number of rotatable bonds is 7. The number of thiazole rings is 1. The number of carbonyl (C=O) groups is 3. The lowest BCUT2D eigenvalue weighted by Crippen LogP contribution is -2.31. The van der Waals surface area contributed by atoms with Crippen LogP contribution in [0.25, 0.3) is 6.08 Å². The highest BCUT2D eigenvalue weighted by Crippen LogP contribution is 2.37. The standard InChI is InChI=1S/C29H23N5O5S2/c1-17-24(41-28(30-17)31-25(36)18-12-14-21(39-2)15-13-18)26(37)32-33-29-34(20-9-4-3-5-10-20)27(38)23(40-29)16-19-8-6-7-11-22(19)35/h3-16,35H,1-2H3,(H,32,37)(H,30,31,36)/b23-16-,33-29-. The third-order valence-corrected chi connectivity index (χ3v) is 7.91. The molecule has 12 heteroatoms. The maximum Gasteiger partial charge on any atom is 0.283 e. The van der Waals surface area contributed by atoms with Gasteiger partial charge in [0.25, 0.3) is 17.7 Å². The maximum atomic E-state index is 13.4. The molecule has 1 fully saturated rings. The zero-order valence-corrected chi connectivity index (χ0v) is 23.5. The summed E-state index contributed by atoms with van der Waals surface area (Å²) in [7, 11) is 1.54. The number of hydrogen-bond acceptors (Lipinski definition) is 9. The number of aromatic nitrogens is 1. The van der Waals surface area contributed by atoms with Gasteiger partial charge in [-0.15, -0.1) is 5.10 Å². The first kappa shape index (κ1) is 27.6. The predicted octanol–water partition coefficient (Wildman–Crippen LogP) is 5.24. The van der Waals surface area contributed by atoms with Gasteiger partial charge < -0.3 is 9.84 Å². The minimum atomic E-state index is -0.545. The molecule has 0 radical (unpaired) electrons. The van der Waals surface area contributed by atoms with Crippen LogP contribution in [0.1, 0.15) is 31.3 Å². The highest BCUT2D eigenvalue weighted by molar-refractivity contribution is 8.19. The number of aromatic hydroxyl groups is 1. The largest absolute Gasteiger partial charge is 0.507 e. The molecular formula is C29H23N5O5S2. The van der Waals surface area contributed by atoms with Gasteiger partial charge in [0.1, 0.15) is 16.4 Å². The second-order valence-electron chi connectivity index (χ2n) is 8.60. The van der Waals surface area contributed by atoms with Crippen LogP contribution in [0.2, 0.25) is 0 Å². The average molecular weight is 586 g/mol. The van der Waals surface area contributed by atoms with Crippen molar-refractivity contribution in [2.24, 2.45) is 5.10 Å². The van der Waals surface area contributed by atoms with Gasteiger partial charge in [0.2, 0.25) is 0 Å². The van der Waals surface area contributed by atoms with Crippen molar-refractivity contribution < 1.29 is 24.2 Å². The van der Waals surface area contributed by atoms with Crippen LogP contribution >= 0.6 is 23.1 Å². The van der Waals surface area contributed by atoms with Crippen molar-refractivity contribution in [1.29, 1.82) is 0 Å². The van der Waals surface area contributed by atoms with E-state index in [1.54, 1.807) is 86.8 Å². The molecular weight excluding hydrogens is 562 g/mol. The van der Waals surface area contributed by atoms with Gasteiger partial charge in [0.05, 0.1) is 23.4 Å². The maximum absolute atomic E-state index is 13.4. The van der Waals surface area contributed by atoms with E-state index in [1.807, 2.05) is 6.07 Å². The number of benzene rings is 3. The van der Waals surface area contributed by atoms with E-state index < -0.39 is 5.91 Å². The van der Waals surface area contributed by atoms with Gasteiger partial charge in [-0.05, 0) is 67.2 Å². The zero-order chi connectivity index (χ0) is 28.9. The lowest BCUT2D eigenvalue weighted by atomic mass is 10.2. The second kappa shape index (κ2) is 12.1. The summed E-state index contributed by atoms with van der Waals surface area (Å²) in [5.74, 6) is -0.613. The van der Waals surface area contributed by atoms with Gasteiger partial charge in [-0.3, -0.25) is 24.6 Å². The molecule has 3 N–H and O–H groups in total. The van der Waals surface area contributed by atoms with Crippen molar-refractivity contribution in [2.75, 3.05) is 17.3 Å². The number of amides is 3. The summed E-state index contributed by atoms with van der Waals surface area (Å²) in [5.41, 5.74) is 4.37. The lowest BCUT2D eigenvalue weighted by molar-refractivity contribution is -0.113. The molecule has 1 aliphatic heterocycles. The van der Waals surface area contributed by atoms with Gasteiger partial charge in [-0.1, -0.05) is 47.7 Å². The van der Waals surface area contributed by atoms with Crippen molar-refractivity contribution in [3.63, 3.8) is 0 Å². The Morgan fingerprint density at radius 2 is 1.71 bits per heavy atom. The van der Waals surface area contributed by atoms with E-state index in [1.165, 1.54) is 11.0 Å². The van der Waals surface area contributed by atoms with Gasteiger partial charge in [0, 0.05) is 11.1 Å². The number of phenols is 1. The molecule has 2 heterocycles. The minimum absolute atomic E-state index is 0.0360. The number of phenolic OH excluding ortho intramolecular Hbond substituents is 1. The lowest BCUT2D eigenvalue weighted by Gasteiger charge is -2.15. The number of hydrogen-bond donors (Lipinski definition) is 3. The molecule has 41 heavy (non-hydrogen) atoms. The number of methoxy groups -OCH3 is 1. The van der Waals surface area contributed by atoms with Crippen molar-refractivity contribution in [2.45, 2.75) is 6.92 Å². The van der Waals surface area contributed by atoms with Crippen molar-refractivity contribution in [3.05, 3.63) is 105 Å². The molecule has 0 aliphatic carbocycles. The van der Waals surface area contributed by atoms with E-state index >= 15 is 0 Å². The molecule has 1 aromatic heterocycles. The van der Waals surface area contributed by atoms with Crippen LogP contribution in [0, 0.1) is 6.92 Å². The summed E-state index contributed by atoms with van der Waals surface area (Å²) in [5, 5.41) is 17.6. The summed E-state index contributed by atoms with van der Waals surface area (Å²) in [6.45, 7) is 1.65. The van der Waals surface area contributed by atoms with Crippen molar-refractivity contribution >= 4 is 62.9 Å². The van der Waals surface area contributed by atoms with Crippen LogP contribution in [0.3, 0.4) is 0 Å². The Hall–Kier alpha value is -4.94. The van der Waals surface area contributed by atoms with Crippen LogP contribution in [0.5, 0.6) is 11.5 Å². The number of amidine groups is 1. The normalized spacial score (nSPS) is 14.9. The first-order valence-electron chi connectivity index (χ1n) is 12.2. The van der Waals surface area contributed by atoms with Crippen LogP contribution in [-0.2, 0) is 4.79 Å². The predicted molar refractivity (Wildman–Crippen MR) is 160 cm³/mol. The summed E-state index contributed by atoms with van der Waals surface area (Å²) >= 11 is 2.07. The van der Waals surface area contributed by atoms with E-state index in [0.717, 1.165) is 23.1 Å². The molecule has 0 spiro atoms. The van der Waals surface area contributed by atoms with Crippen LogP contribution in [0.4, 0.5) is 10.8 Å². The molecule has 206 valence electrons. The highest BCUT2D eigenvalue weighted by atomic mass is 32.2. The Labute approximate surface area is 243 Å². The first-order valence-corrected chi connectivity index (χ1v) is 13.8. The monoisotopic (exact) mass is 585 g/mol. The van der Waals surface area contributed by atoms with Crippen LogP contribution in [-0.4, -0.2) is 40.1 Å². The molecule has 0 bridgehead atoms. The fraction of sp³-hybridized carbons (Fsp3) is 0.0690. The Morgan fingerprint density at radius 1 is 1.00 bits per heavy atom.